The molecule has 0 aliphatic rings. The largest absolute Gasteiger partial charge is 0.484 e. The number of ether oxygens (including phenoxy) is 1. The molecule has 0 atom stereocenters. The molecule has 1 amide bonds. The number of nitrogens with two attached hydrogens (primary N) is 1. The van der Waals surface area contributed by atoms with Crippen LogP contribution >= 0.6 is 0 Å². The molecular formula is C16H17FN2O2. The molecule has 0 saturated heterocycles. The van der Waals surface area contributed by atoms with Gasteiger partial charge >= 0.3 is 0 Å². The lowest BCUT2D eigenvalue weighted by molar-refractivity contribution is -0.120. The zero-order valence-electron chi connectivity index (χ0n) is 11.8. The van der Waals surface area contributed by atoms with Gasteiger partial charge in [0.05, 0.1) is 0 Å². The van der Waals surface area contributed by atoms with Crippen LogP contribution in [-0.4, -0.2) is 19.1 Å². The number of halogens is 1. The summed E-state index contributed by atoms with van der Waals surface area (Å²) in [6.45, 7) is 2.22. The van der Waals surface area contributed by atoms with E-state index in [2.05, 4.69) is 0 Å². The maximum atomic E-state index is 12.9. The van der Waals surface area contributed by atoms with Crippen molar-refractivity contribution in [1.82, 2.24) is 0 Å². The third-order valence-corrected chi connectivity index (χ3v) is 2.98. The highest BCUT2D eigenvalue weighted by molar-refractivity contribution is 5.94. The summed E-state index contributed by atoms with van der Waals surface area (Å²) < 4.78 is 18.4. The highest BCUT2D eigenvalue weighted by atomic mass is 19.1. The number of likely N-dealkylation sites (N-methyl/N-ethyl adjacent to an activating group) is 1. The van der Waals surface area contributed by atoms with Gasteiger partial charge in [-0.25, -0.2) is 4.39 Å². The smallest absolute Gasteiger partial charge is 0.264 e. The fourth-order valence-electron chi connectivity index (χ4n) is 1.95. The molecule has 0 heterocycles. The van der Waals surface area contributed by atoms with Crippen molar-refractivity contribution in [3.63, 3.8) is 0 Å². The van der Waals surface area contributed by atoms with E-state index in [0.717, 1.165) is 0 Å². The van der Waals surface area contributed by atoms with Crippen LogP contribution in [0.3, 0.4) is 0 Å². The summed E-state index contributed by atoms with van der Waals surface area (Å²) in [5.74, 6) is 0.00306. The standard InChI is InChI=1S/C16H17FN2O2/c1-2-19(14-8-6-12(17)7-9-14)16(20)11-21-15-5-3-4-13(18)10-15/h3-10H,2,11,18H2,1H3. The molecule has 0 spiro atoms. The van der Waals surface area contributed by atoms with E-state index in [1.165, 1.54) is 17.0 Å². The average molecular weight is 288 g/mol. The molecule has 0 unspecified atom stereocenters. The first-order valence-corrected chi connectivity index (χ1v) is 6.64. The van der Waals surface area contributed by atoms with Crippen molar-refractivity contribution in [3.05, 3.63) is 54.3 Å². The highest BCUT2D eigenvalue weighted by Crippen LogP contribution is 2.17. The molecule has 110 valence electrons. The molecule has 2 aromatic carbocycles. The molecule has 21 heavy (non-hydrogen) atoms. The monoisotopic (exact) mass is 288 g/mol. The van der Waals surface area contributed by atoms with Crippen molar-refractivity contribution in [2.75, 3.05) is 23.8 Å². The van der Waals surface area contributed by atoms with Gasteiger partial charge in [-0.3, -0.25) is 4.79 Å². The second-order valence-corrected chi connectivity index (χ2v) is 4.48. The summed E-state index contributed by atoms with van der Waals surface area (Å²) in [6, 6.07) is 12.7. The quantitative estimate of drug-likeness (QED) is 0.861. The minimum Gasteiger partial charge on any atom is -0.484 e. The van der Waals surface area contributed by atoms with Crippen LogP contribution in [0.1, 0.15) is 6.92 Å². The van der Waals surface area contributed by atoms with Crippen molar-refractivity contribution in [3.8, 4) is 5.75 Å². The maximum absolute atomic E-state index is 12.9. The molecule has 5 heteroatoms. The van der Waals surface area contributed by atoms with Crippen LogP contribution < -0.4 is 15.4 Å². The maximum Gasteiger partial charge on any atom is 0.264 e. The van der Waals surface area contributed by atoms with Crippen LogP contribution in [0.25, 0.3) is 0 Å². The normalized spacial score (nSPS) is 10.2. The average Bonchev–Trinajstić information content (AvgIpc) is 2.48. The van der Waals surface area contributed by atoms with Gasteiger partial charge in [-0.15, -0.1) is 0 Å². The van der Waals surface area contributed by atoms with Crippen molar-refractivity contribution < 1.29 is 13.9 Å². The van der Waals surface area contributed by atoms with Crippen molar-refractivity contribution in [1.29, 1.82) is 0 Å². The number of anilines is 2. The lowest BCUT2D eigenvalue weighted by Crippen LogP contribution is -2.34. The number of rotatable bonds is 5. The Bertz CT molecular complexity index is 614. The van der Waals surface area contributed by atoms with Crippen LogP contribution in [0.5, 0.6) is 5.75 Å². The molecule has 0 aliphatic carbocycles. The van der Waals surface area contributed by atoms with E-state index in [0.29, 0.717) is 23.7 Å². The van der Waals surface area contributed by atoms with Gasteiger partial charge in [-0.1, -0.05) is 6.07 Å². The van der Waals surface area contributed by atoms with E-state index in [9.17, 15) is 9.18 Å². The number of carbonyl (C=O) groups is 1. The number of amides is 1. The topological polar surface area (TPSA) is 55.6 Å². The van der Waals surface area contributed by atoms with E-state index in [-0.39, 0.29) is 18.3 Å². The van der Waals surface area contributed by atoms with Crippen LogP contribution in [0.15, 0.2) is 48.5 Å². The summed E-state index contributed by atoms with van der Waals surface area (Å²) in [4.78, 5) is 13.7. The number of nitrogens with zero attached hydrogens (tertiary/aromatic N) is 1. The number of hydrogen-bond acceptors (Lipinski definition) is 3. The molecule has 0 bridgehead atoms. The molecule has 0 fully saturated rings. The lowest BCUT2D eigenvalue weighted by Gasteiger charge is -2.21. The molecule has 2 N–H and O–H groups in total. The van der Waals surface area contributed by atoms with Gasteiger partial charge in [0.2, 0.25) is 0 Å². The molecule has 2 aromatic rings. The Hall–Kier alpha value is -2.56. The minimum atomic E-state index is -0.335. The molecule has 0 radical (unpaired) electrons. The van der Waals surface area contributed by atoms with Crippen LogP contribution in [-0.2, 0) is 4.79 Å². The molecule has 4 nitrogen and oxygen atoms in total. The van der Waals surface area contributed by atoms with Gasteiger partial charge in [0, 0.05) is 24.0 Å². The summed E-state index contributed by atoms with van der Waals surface area (Å²) in [5.41, 5.74) is 6.86. The van der Waals surface area contributed by atoms with Gasteiger partial charge < -0.3 is 15.4 Å². The molecule has 0 aromatic heterocycles. The van der Waals surface area contributed by atoms with Crippen LogP contribution in [0, 0.1) is 5.82 Å². The fraction of sp³-hybridized carbons (Fsp3) is 0.188. The Morgan fingerprint density at radius 1 is 1.24 bits per heavy atom. The van der Waals surface area contributed by atoms with Gasteiger partial charge in [-0.05, 0) is 43.3 Å². The predicted octanol–water partition coefficient (Wildman–Crippen LogP) is 2.84. The number of carbonyl (C=O) groups excluding carboxylic acids is 1. The Kier molecular flexibility index (Phi) is 4.77. The Labute approximate surface area is 122 Å². The molecule has 0 saturated carbocycles. The third kappa shape index (κ3) is 3.95. The molecule has 2 rings (SSSR count). The number of nitrogen functional groups attached to an aromatic ring is 1. The van der Waals surface area contributed by atoms with Gasteiger partial charge in [0.25, 0.3) is 5.91 Å². The second-order valence-electron chi connectivity index (χ2n) is 4.48. The van der Waals surface area contributed by atoms with Crippen LogP contribution in [0.4, 0.5) is 15.8 Å². The SMILES string of the molecule is CCN(C(=O)COc1cccc(N)c1)c1ccc(F)cc1. The first kappa shape index (κ1) is 14.8. The second kappa shape index (κ2) is 6.74. The summed E-state index contributed by atoms with van der Waals surface area (Å²) in [6.07, 6.45) is 0. The summed E-state index contributed by atoms with van der Waals surface area (Å²) in [5, 5.41) is 0. The van der Waals surface area contributed by atoms with E-state index >= 15 is 0 Å². The first-order valence-electron chi connectivity index (χ1n) is 6.64. The Morgan fingerprint density at radius 3 is 2.57 bits per heavy atom. The first-order chi connectivity index (χ1) is 10.1. The van der Waals surface area contributed by atoms with Gasteiger partial charge in [-0.2, -0.15) is 0 Å². The zero-order chi connectivity index (χ0) is 15.2. The van der Waals surface area contributed by atoms with Crippen molar-refractivity contribution in [2.24, 2.45) is 0 Å². The number of hydrogen-bond donors (Lipinski definition) is 1. The summed E-state index contributed by atoms with van der Waals surface area (Å²) >= 11 is 0. The van der Waals surface area contributed by atoms with Gasteiger partial charge in [0.1, 0.15) is 11.6 Å². The highest BCUT2D eigenvalue weighted by Gasteiger charge is 2.14. The third-order valence-electron chi connectivity index (χ3n) is 2.98. The van der Waals surface area contributed by atoms with Gasteiger partial charge in [0.15, 0.2) is 6.61 Å². The van der Waals surface area contributed by atoms with E-state index < -0.39 is 0 Å². The van der Waals surface area contributed by atoms with E-state index in [4.69, 9.17) is 10.5 Å². The Balaban J connectivity index is 2.02. The zero-order valence-corrected chi connectivity index (χ0v) is 11.8. The van der Waals surface area contributed by atoms with E-state index in [1.807, 2.05) is 6.92 Å². The van der Waals surface area contributed by atoms with Crippen molar-refractivity contribution in [2.45, 2.75) is 6.92 Å². The van der Waals surface area contributed by atoms with E-state index in [1.54, 1.807) is 36.4 Å². The van der Waals surface area contributed by atoms with Crippen molar-refractivity contribution >= 4 is 17.3 Å². The Morgan fingerprint density at radius 2 is 1.95 bits per heavy atom. The molecule has 0 aliphatic heterocycles. The fourth-order valence-corrected chi connectivity index (χ4v) is 1.95. The van der Waals surface area contributed by atoms with Crippen LogP contribution in [0.2, 0.25) is 0 Å². The lowest BCUT2D eigenvalue weighted by atomic mass is 10.2. The minimum absolute atomic E-state index is 0.103. The predicted molar refractivity (Wildman–Crippen MR) is 80.8 cm³/mol. The summed E-state index contributed by atoms with van der Waals surface area (Å²) in [7, 11) is 0. The molecular weight excluding hydrogens is 271 g/mol. The number of benzene rings is 2.